The van der Waals surface area contributed by atoms with Crippen LogP contribution in [0, 0.1) is 11.6 Å². The van der Waals surface area contributed by atoms with Crippen molar-refractivity contribution in [2.45, 2.75) is 47.0 Å². The van der Waals surface area contributed by atoms with Gasteiger partial charge in [-0.3, -0.25) is 43.3 Å². The molecular weight excluding hydrogens is 1990 g/mol. The van der Waals surface area contributed by atoms with Crippen LogP contribution in [0.15, 0.2) is 414 Å². The number of halogens is 4. The first-order valence-corrected chi connectivity index (χ1v) is 49.6. The Morgan fingerprint density at radius 2 is 0.658 bits per heavy atom. The third-order valence-electron chi connectivity index (χ3n) is 19.9. The first kappa shape index (κ1) is 114. The van der Waals surface area contributed by atoms with E-state index in [0.29, 0.717) is 62.9 Å². The number of alkyl halides is 1. The molecule has 0 saturated heterocycles. The van der Waals surface area contributed by atoms with Crippen molar-refractivity contribution < 1.29 is 64.6 Å². The second-order valence-electron chi connectivity index (χ2n) is 30.9. The van der Waals surface area contributed by atoms with Crippen molar-refractivity contribution in [2.24, 2.45) is 0 Å². The summed E-state index contributed by atoms with van der Waals surface area (Å²) in [6, 6.07) is 88.8. The van der Waals surface area contributed by atoms with Crippen molar-refractivity contribution in [1.82, 2.24) is 59.5 Å². The van der Waals surface area contributed by atoms with Crippen LogP contribution in [-0.4, -0.2) is 138 Å². The predicted molar refractivity (Wildman–Crippen MR) is 605 cm³/mol. The number of rotatable bonds is 34. The number of nitrogens with one attached hydrogen (secondary N) is 4. The second kappa shape index (κ2) is 67.4. The molecule has 0 bridgehead atoms. The number of hydrogen-bond acceptors (Lipinski definition) is 18. The fourth-order valence-electron chi connectivity index (χ4n) is 13.0. The molecule has 0 saturated carbocycles. The Morgan fingerprint density at radius 1 is 0.376 bits per heavy atom. The molecule has 0 atom stereocenters. The topological polar surface area (TPSA) is 372 Å². The van der Waals surface area contributed by atoms with Crippen molar-refractivity contribution in [1.29, 1.82) is 0 Å². The molecule has 32 heteroatoms. The summed E-state index contributed by atoms with van der Waals surface area (Å²) < 4.78 is 57.9. The molecule has 764 valence electrons. The molecule has 0 aliphatic heterocycles. The standard InChI is InChI=1S/C22H21O2P.2C21H19FN4O.C17H18N2O2.C15H14N2O2.C9H9Br.C8H10N2O2.C4H4N2O.ClH.H2/c1-2-24-22(23)18-25(19-12-6-3-7-13-19,20-14-8-4-9-15-20)21-16-10-5-11-17-21;2*22-18-9-10-20(19(23)13-18)25-21(27)11-8-17-14-24-26(15-17)12-4-7-16-5-2-1-3-6-16;1-2-21-17(20)11-10-16-13-18-19(14-16)12-6-9-15-7-4-3-5-8-15;18-15(19)9-8-14-11-16-17(12-14)10-4-7-13-5-2-1-3-6-13;10-8-4-7-9-5-2-1-3-6-9;1-2-12-8(11)4-3-7-5-9-10-6-7;7-3-4-1-5-6-2-4;;/h3-18H,2H2,1H3;2*1-11,13-15H,12,23H2,(H,25,27);3-11,13-14H,2,12H2,1H3;1-9,11-12H,10H2,(H,18,19);1-7H,8H2;3-6H,2H2,1H3,(H,9,10);1-3H,(H,5,6);2*1H/b;2*7-4+,11-8+;9-6+,11-10+;7-4+,9-8+;7-4+;4-3+;;;/i;;;;;;;;;1+1D. The van der Waals surface area contributed by atoms with Gasteiger partial charge in [0.15, 0.2) is 6.29 Å². The lowest BCUT2D eigenvalue weighted by Gasteiger charge is -2.28. The average molecular weight is 2110 g/mol. The van der Waals surface area contributed by atoms with E-state index < -0.39 is 24.5 Å². The molecule has 0 fully saturated rings. The van der Waals surface area contributed by atoms with Gasteiger partial charge in [0.05, 0.1) is 111 Å². The number of benzene rings is 10. The normalized spacial score (nSPS) is 11.0. The monoisotopic (exact) mass is 2110 g/mol. The highest BCUT2D eigenvalue weighted by atomic mass is 79.9. The van der Waals surface area contributed by atoms with Crippen molar-refractivity contribution in [2.75, 3.05) is 47.3 Å². The van der Waals surface area contributed by atoms with Gasteiger partial charge >= 0.3 is 23.9 Å². The number of allylic oxidation sites excluding steroid dienone is 5. The highest BCUT2D eigenvalue weighted by Crippen LogP contribution is 2.44. The van der Waals surface area contributed by atoms with Crippen LogP contribution in [0.25, 0.3) is 60.8 Å². The minimum absolute atomic E-state index is 0. The summed E-state index contributed by atoms with van der Waals surface area (Å²) >= 11 is 3.32. The smallest absolute Gasteiger partial charge is 0.331 e. The zero-order valence-corrected chi connectivity index (χ0v) is 85.3. The van der Waals surface area contributed by atoms with Crippen molar-refractivity contribution >= 4 is 182 Å². The Bertz CT molecular complexity index is 6840. The zero-order valence-electron chi connectivity index (χ0n) is 84.0. The number of carbonyl (C=O) groups is 7. The lowest BCUT2D eigenvalue weighted by Crippen LogP contribution is -2.29. The number of nitrogen functional groups attached to an aromatic ring is 2. The van der Waals surface area contributed by atoms with Crippen LogP contribution in [0.3, 0.4) is 0 Å². The van der Waals surface area contributed by atoms with Gasteiger partial charge in [0.1, 0.15) is 11.6 Å². The van der Waals surface area contributed by atoms with Gasteiger partial charge in [0, 0.05) is 109 Å². The third kappa shape index (κ3) is 45.2. The minimum Gasteiger partial charge on any atom is -0.478 e. The first-order valence-electron chi connectivity index (χ1n) is 47.6. The number of esters is 3. The van der Waals surface area contributed by atoms with Gasteiger partial charge in [-0.15, -0.1) is 12.4 Å². The highest BCUT2D eigenvalue weighted by molar-refractivity contribution is 9.09. The lowest BCUT2D eigenvalue weighted by atomic mass is 10.2. The highest BCUT2D eigenvalue weighted by Gasteiger charge is 2.27. The summed E-state index contributed by atoms with van der Waals surface area (Å²) in [7, 11) is 0. The van der Waals surface area contributed by atoms with Crippen LogP contribution in [-0.2, 0) is 69.2 Å². The Labute approximate surface area is 882 Å². The molecule has 2 amide bonds. The fraction of sp³-hybridized carbons (Fsp3) is 0.0940. The summed E-state index contributed by atoms with van der Waals surface area (Å²) in [6.45, 7) is 6.87. The summed E-state index contributed by atoms with van der Waals surface area (Å²) in [5.41, 5.74) is 22.9. The van der Waals surface area contributed by atoms with E-state index in [9.17, 15) is 42.3 Å². The van der Waals surface area contributed by atoms with Gasteiger partial charge in [-0.1, -0.05) is 319 Å². The number of carboxylic acids is 1. The first-order chi connectivity index (χ1) is 73.2. The number of nitrogens with zero attached hydrogens (tertiary/aromatic N) is 10. The predicted octanol–water partition coefficient (Wildman–Crippen LogP) is 22.1. The number of aromatic amines is 2. The molecule has 0 aliphatic rings. The van der Waals surface area contributed by atoms with Crippen LogP contribution in [0.2, 0.25) is 0 Å². The maximum atomic E-state index is 13.0. The molecule has 6 heterocycles. The van der Waals surface area contributed by atoms with Crippen LogP contribution in [0.5, 0.6) is 0 Å². The van der Waals surface area contributed by atoms with E-state index in [0.717, 1.165) is 95.8 Å². The summed E-state index contributed by atoms with van der Waals surface area (Å²) in [6.07, 6.45) is 56.3. The number of aliphatic carboxylic acids is 1. The average Bonchev–Trinajstić information content (AvgIpc) is 0.893. The van der Waals surface area contributed by atoms with E-state index in [1.807, 2.05) is 267 Å². The molecule has 0 spiro atoms. The molecule has 16 aromatic rings. The Kier molecular flexibility index (Phi) is 51.8. The SMILES string of the molecule is BrC/C=C/c1ccccc1.CCOC(=O)/C=C/c1cn[nH]c1.CCOC(=O)/C=C/c1cnn(C/C=C/c2ccccc2)c1.CCOC(=O)C=P(c1ccccc1)(c1ccccc1)c1ccccc1.Cl.Nc1cc(F)ccc1NC(=O)/C=C/c1cnn(C/C=C/c2ccccc2)c1.Nc1cc(F)ccc1NC(=O)/C=C/c1cnn(C/C=C/c2ccccc2)c1.O=C(O)/C=C/c1cnn(C/C=C/c2ccccc2)c1.O=Cc1cn[nH]c1.[2H][2H]. The molecule has 6 aromatic heterocycles. The summed E-state index contributed by atoms with van der Waals surface area (Å²) in [5.74, 6) is -1.71. The number of hydrogen-bond donors (Lipinski definition) is 7. The zero-order chi connectivity index (χ0) is 107. The molecule has 0 unspecified atom stereocenters. The van der Waals surface area contributed by atoms with Gasteiger partial charge < -0.3 is 41.4 Å². The van der Waals surface area contributed by atoms with E-state index >= 15 is 0 Å². The number of aldehydes is 1. The van der Waals surface area contributed by atoms with E-state index in [4.69, 9.17) is 29.0 Å². The van der Waals surface area contributed by atoms with Gasteiger partial charge in [-0.05, 0) is 138 Å². The van der Waals surface area contributed by atoms with Crippen LogP contribution in [0.4, 0.5) is 31.5 Å². The number of carboxylic acid groups (broad SMARTS) is 1. The Morgan fingerprint density at radius 3 is 0.933 bits per heavy atom. The summed E-state index contributed by atoms with van der Waals surface area (Å²) in [5, 5.41) is 47.4. The molecule has 149 heavy (non-hydrogen) atoms. The van der Waals surface area contributed by atoms with Gasteiger partial charge in [0.25, 0.3) is 0 Å². The fourth-order valence-corrected chi connectivity index (χ4v) is 16.8. The Balaban J connectivity index is 0.000000239. The van der Waals surface area contributed by atoms with Gasteiger partial charge in [-0.25, -0.2) is 28.0 Å². The number of nitrogens with two attached hydrogens (primary N) is 2. The number of H-pyrrole nitrogens is 2. The lowest BCUT2D eigenvalue weighted by molar-refractivity contribution is -0.138. The van der Waals surface area contributed by atoms with Crippen LogP contribution >= 0.6 is 35.2 Å². The largest absolute Gasteiger partial charge is 0.478 e. The van der Waals surface area contributed by atoms with Gasteiger partial charge in [0.2, 0.25) is 11.8 Å². The molecular formula is C117H117BrClF2N16O11P. The molecule has 9 N–H and O–H groups in total. The number of anilines is 4. The molecule has 0 radical (unpaired) electrons. The molecule has 27 nitrogen and oxygen atoms in total. The minimum atomic E-state index is -2.24. The Hall–Kier alpha value is -18.1. The maximum Gasteiger partial charge on any atom is 0.331 e. The summed E-state index contributed by atoms with van der Waals surface area (Å²) in [4.78, 5) is 78.7. The maximum absolute atomic E-state index is 13.0. The van der Waals surface area contributed by atoms with Crippen molar-refractivity contribution in [3.63, 3.8) is 0 Å². The quantitative estimate of drug-likeness (QED) is 0.00375. The van der Waals surface area contributed by atoms with E-state index in [2.05, 4.69) is 139 Å². The van der Waals surface area contributed by atoms with Crippen molar-refractivity contribution in [3.05, 3.63) is 487 Å². The van der Waals surface area contributed by atoms with E-state index in [1.54, 1.807) is 101 Å². The number of carbonyl (C=O) groups excluding carboxylic acids is 6. The van der Waals surface area contributed by atoms with Crippen molar-refractivity contribution in [3.8, 4) is 0 Å². The van der Waals surface area contributed by atoms with Crippen LogP contribution < -0.4 is 38.0 Å². The number of amides is 2. The second-order valence-corrected chi connectivity index (χ2v) is 34.8. The molecule has 10 aromatic carbocycles. The van der Waals surface area contributed by atoms with E-state index in [-0.39, 0.29) is 53.5 Å². The van der Waals surface area contributed by atoms with E-state index in [1.165, 1.54) is 72.6 Å². The molecule has 0 aliphatic carbocycles. The van der Waals surface area contributed by atoms with Gasteiger partial charge in [-0.2, -0.15) is 30.6 Å². The number of aromatic nitrogens is 12. The molecule has 16 rings (SSSR count). The van der Waals surface area contributed by atoms with Crippen LogP contribution in [0.1, 0.15) is 89.7 Å². The third-order valence-corrected chi connectivity index (χ3v) is 24.2. The number of ether oxygens (including phenoxy) is 3.